The molecule has 158 valence electrons. The lowest BCUT2D eigenvalue weighted by atomic mass is 9.64. The number of imide groups is 1. The van der Waals surface area contributed by atoms with E-state index in [2.05, 4.69) is 31.4 Å². The van der Waals surface area contributed by atoms with Gasteiger partial charge in [0.2, 0.25) is 5.91 Å². The molecule has 1 aromatic rings. The molecule has 0 unspecified atom stereocenters. The lowest BCUT2D eigenvalue weighted by molar-refractivity contribution is -0.136. The Morgan fingerprint density at radius 1 is 1.21 bits per heavy atom. The summed E-state index contributed by atoms with van der Waals surface area (Å²) < 4.78 is 10.4. The smallest absolute Gasteiger partial charge is 0.325 e. The van der Waals surface area contributed by atoms with Crippen LogP contribution in [-0.2, 0) is 9.59 Å². The van der Waals surface area contributed by atoms with Crippen molar-refractivity contribution < 1.29 is 23.9 Å². The van der Waals surface area contributed by atoms with Crippen LogP contribution in [-0.4, -0.2) is 49.0 Å². The van der Waals surface area contributed by atoms with Gasteiger partial charge >= 0.3 is 6.03 Å². The Balaban J connectivity index is 1.71. The van der Waals surface area contributed by atoms with Gasteiger partial charge < -0.3 is 20.1 Å². The second kappa shape index (κ2) is 7.57. The summed E-state index contributed by atoms with van der Waals surface area (Å²) in [5, 5.41) is 5.58. The van der Waals surface area contributed by atoms with Crippen LogP contribution in [0.3, 0.4) is 0 Å². The summed E-state index contributed by atoms with van der Waals surface area (Å²) >= 11 is 0. The Morgan fingerprint density at radius 2 is 1.90 bits per heavy atom. The fraction of sp³-hybridized carbons (Fsp3) is 0.571. The topological polar surface area (TPSA) is 97.0 Å². The summed E-state index contributed by atoms with van der Waals surface area (Å²) in [5.74, 6) is 0.544. The van der Waals surface area contributed by atoms with Crippen molar-refractivity contribution in [1.29, 1.82) is 0 Å². The maximum atomic E-state index is 13.1. The fourth-order valence-corrected chi connectivity index (χ4v) is 4.91. The Bertz CT molecular complexity index is 838. The van der Waals surface area contributed by atoms with Gasteiger partial charge in [-0.2, -0.15) is 0 Å². The Hall–Kier alpha value is -2.77. The van der Waals surface area contributed by atoms with Crippen molar-refractivity contribution in [3.05, 3.63) is 18.2 Å². The van der Waals surface area contributed by atoms with Gasteiger partial charge in [-0.1, -0.05) is 20.8 Å². The van der Waals surface area contributed by atoms with Crippen molar-refractivity contribution in [1.82, 2.24) is 10.2 Å². The summed E-state index contributed by atoms with van der Waals surface area (Å²) in [6.45, 7) is 5.97. The lowest BCUT2D eigenvalue weighted by Gasteiger charge is -2.43. The lowest BCUT2D eigenvalue weighted by Crippen LogP contribution is -2.54. The van der Waals surface area contributed by atoms with E-state index >= 15 is 0 Å². The van der Waals surface area contributed by atoms with Gasteiger partial charge in [0.05, 0.1) is 14.2 Å². The SMILES string of the molecule is COc1ccc(NC(=O)CN2C(=O)N[C@]3(C[C@H](C)CC(C)(C)C3)C2=O)cc1OC. The van der Waals surface area contributed by atoms with Gasteiger partial charge in [0.25, 0.3) is 5.91 Å². The van der Waals surface area contributed by atoms with E-state index in [-0.39, 0.29) is 17.9 Å². The van der Waals surface area contributed by atoms with Crippen LogP contribution in [0.25, 0.3) is 0 Å². The molecule has 1 aliphatic heterocycles. The summed E-state index contributed by atoms with van der Waals surface area (Å²) in [5.41, 5.74) is -0.484. The zero-order valence-corrected chi connectivity index (χ0v) is 17.6. The number of benzene rings is 1. The highest BCUT2D eigenvalue weighted by Gasteiger charge is 2.56. The van der Waals surface area contributed by atoms with Gasteiger partial charge in [-0.15, -0.1) is 0 Å². The number of urea groups is 1. The molecule has 8 nitrogen and oxygen atoms in total. The predicted molar refractivity (Wildman–Crippen MR) is 108 cm³/mol. The molecule has 1 spiro atoms. The Labute approximate surface area is 170 Å². The third-order valence-electron chi connectivity index (χ3n) is 5.59. The molecule has 2 aliphatic rings. The van der Waals surface area contributed by atoms with Crippen LogP contribution >= 0.6 is 0 Å². The number of methoxy groups -OCH3 is 2. The van der Waals surface area contributed by atoms with Gasteiger partial charge in [-0.25, -0.2) is 4.79 Å². The molecule has 0 bridgehead atoms. The van der Waals surface area contributed by atoms with Gasteiger partial charge in [-0.05, 0) is 42.7 Å². The van der Waals surface area contributed by atoms with Crippen LogP contribution in [0.2, 0.25) is 0 Å². The number of amides is 4. The molecule has 0 aromatic heterocycles. The second-order valence-electron chi connectivity index (χ2n) is 8.88. The average Bonchev–Trinajstić information content (AvgIpc) is 2.83. The van der Waals surface area contributed by atoms with Crippen LogP contribution in [0, 0.1) is 11.3 Å². The van der Waals surface area contributed by atoms with Crippen LogP contribution in [0.5, 0.6) is 11.5 Å². The van der Waals surface area contributed by atoms with Crippen molar-refractivity contribution >= 4 is 23.5 Å². The van der Waals surface area contributed by atoms with Crippen LogP contribution in [0.15, 0.2) is 18.2 Å². The minimum Gasteiger partial charge on any atom is -0.493 e. The molecule has 2 fully saturated rings. The molecular weight excluding hydrogens is 374 g/mol. The monoisotopic (exact) mass is 403 g/mol. The number of nitrogens with one attached hydrogen (secondary N) is 2. The molecule has 2 atom stereocenters. The summed E-state index contributed by atoms with van der Waals surface area (Å²) in [6, 6.07) is 4.44. The number of hydrogen-bond donors (Lipinski definition) is 2. The third-order valence-corrected chi connectivity index (χ3v) is 5.59. The van der Waals surface area contributed by atoms with Crippen LogP contribution < -0.4 is 20.1 Å². The third kappa shape index (κ3) is 4.16. The van der Waals surface area contributed by atoms with Crippen molar-refractivity contribution in [3.8, 4) is 11.5 Å². The highest BCUT2D eigenvalue weighted by Crippen LogP contribution is 2.46. The van der Waals surface area contributed by atoms with E-state index in [1.54, 1.807) is 18.2 Å². The number of carbonyl (C=O) groups is 3. The van der Waals surface area contributed by atoms with Crippen molar-refractivity contribution in [3.63, 3.8) is 0 Å². The second-order valence-corrected chi connectivity index (χ2v) is 8.88. The molecule has 8 heteroatoms. The molecule has 1 saturated heterocycles. The normalized spacial score (nSPS) is 25.7. The molecule has 4 amide bonds. The molecule has 1 aromatic carbocycles. The predicted octanol–water partition coefficient (Wildman–Crippen LogP) is 2.78. The first-order valence-corrected chi connectivity index (χ1v) is 9.75. The van der Waals surface area contributed by atoms with E-state index in [9.17, 15) is 14.4 Å². The van der Waals surface area contributed by atoms with E-state index in [1.165, 1.54) is 14.2 Å². The molecule has 1 saturated carbocycles. The van der Waals surface area contributed by atoms with E-state index in [1.807, 2.05) is 0 Å². The molecule has 2 N–H and O–H groups in total. The average molecular weight is 403 g/mol. The number of nitrogens with zero attached hydrogens (tertiary/aromatic N) is 1. The maximum absolute atomic E-state index is 13.1. The highest BCUT2D eigenvalue weighted by atomic mass is 16.5. The largest absolute Gasteiger partial charge is 0.493 e. The first-order chi connectivity index (χ1) is 13.6. The number of carbonyl (C=O) groups excluding carboxylic acids is 3. The number of ether oxygens (including phenoxy) is 2. The van der Waals surface area contributed by atoms with Crippen molar-refractivity contribution in [2.24, 2.45) is 11.3 Å². The van der Waals surface area contributed by atoms with Gasteiger partial charge in [0.1, 0.15) is 12.1 Å². The summed E-state index contributed by atoms with van der Waals surface area (Å²) in [6.07, 6.45) is 2.16. The fourth-order valence-electron chi connectivity index (χ4n) is 4.91. The number of hydrogen-bond acceptors (Lipinski definition) is 5. The quantitative estimate of drug-likeness (QED) is 0.737. The minimum absolute atomic E-state index is 0.0570. The highest BCUT2D eigenvalue weighted by molar-refractivity contribution is 6.10. The van der Waals surface area contributed by atoms with Gasteiger partial charge in [0.15, 0.2) is 11.5 Å². The summed E-state index contributed by atoms with van der Waals surface area (Å²) in [4.78, 5) is 39.2. The molecule has 1 heterocycles. The van der Waals surface area contributed by atoms with E-state index < -0.39 is 17.5 Å². The van der Waals surface area contributed by atoms with Crippen LogP contribution in [0.1, 0.15) is 40.0 Å². The Kier molecular flexibility index (Phi) is 5.47. The van der Waals surface area contributed by atoms with E-state index in [0.29, 0.717) is 35.9 Å². The van der Waals surface area contributed by atoms with Crippen LogP contribution in [0.4, 0.5) is 10.5 Å². The summed E-state index contributed by atoms with van der Waals surface area (Å²) in [7, 11) is 3.03. The van der Waals surface area contributed by atoms with Crippen molar-refractivity contribution in [2.75, 3.05) is 26.1 Å². The van der Waals surface area contributed by atoms with Gasteiger partial charge in [-0.3, -0.25) is 14.5 Å². The zero-order chi connectivity index (χ0) is 21.4. The molecular formula is C21H29N3O5. The van der Waals surface area contributed by atoms with E-state index in [0.717, 1.165) is 11.3 Å². The maximum Gasteiger partial charge on any atom is 0.325 e. The van der Waals surface area contributed by atoms with E-state index in [4.69, 9.17) is 9.47 Å². The standard InChI is InChI=1S/C21H29N3O5/c1-13-9-20(2,3)12-21(10-13)18(26)24(19(27)23-21)11-17(25)22-14-6-7-15(28-4)16(8-14)29-5/h6-8,13H,9-12H2,1-5H3,(H,22,25)(H,23,27)/t13-,21+/m1/s1. The zero-order valence-electron chi connectivity index (χ0n) is 17.6. The van der Waals surface area contributed by atoms with Gasteiger partial charge in [0, 0.05) is 11.8 Å². The molecule has 0 radical (unpaired) electrons. The van der Waals surface area contributed by atoms with Crippen molar-refractivity contribution in [2.45, 2.75) is 45.6 Å². The number of anilines is 1. The number of rotatable bonds is 5. The molecule has 1 aliphatic carbocycles. The first kappa shape index (κ1) is 21.0. The molecule has 3 rings (SSSR count). The minimum atomic E-state index is -0.915. The first-order valence-electron chi connectivity index (χ1n) is 9.75. The Morgan fingerprint density at radius 3 is 2.52 bits per heavy atom. The molecule has 29 heavy (non-hydrogen) atoms.